The Morgan fingerprint density at radius 2 is 1.62 bits per heavy atom. The van der Waals surface area contributed by atoms with Crippen molar-refractivity contribution in [3.8, 4) is 5.75 Å². The number of aromatic hydroxyl groups is 1. The van der Waals surface area contributed by atoms with Crippen molar-refractivity contribution < 1.29 is 19.5 Å². The molecule has 0 unspecified atom stereocenters. The van der Waals surface area contributed by atoms with Gasteiger partial charge in [-0.3, -0.25) is 14.4 Å². The van der Waals surface area contributed by atoms with Crippen molar-refractivity contribution in [3.63, 3.8) is 0 Å². The van der Waals surface area contributed by atoms with Crippen molar-refractivity contribution >= 4 is 17.7 Å². The molecule has 0 radical (unpaired) electrons. The number of phenols is 1. The molecule has 2 rings (SSSR count). The second kappa shape index (κ2) is 11.3. The van der Waals surface area contributed by atoms with E-state index in [-0.39, 0.29) is 11.7 Å². The monoisotopic (exact) mass is 440 g/mol. The number of hydrogen-bond donors (Lipinski definition) is 5. The summed E-state index contributed by atoms with van der Waals surface area (Å²) < 4.78 is 0. The van der Waals surface area contributed by atoms with Gasteiger partial charge in [-0.1, -0.05) is 12.1 Å². The molecule has 7 N–H and O–H groups in total. The Morgan fingerprint density at radius 1 is 1.03 bits per heavy atom. The van der Waals surface area contributed by atoms with Crippen LogP contribution in [-0.4, -0.2) is 41.5 Å². The molecule has 32 heavy (non-hydrogen) atoms. The zero-order valence-electron chi connectivity index (χ0n) is 18.8. The van der Waals surface area contributed by atoms with Crippen molar-refractivity contribution in [1.29, 1.82) is 0 Å². The fourth-order valence-electron chi connectivity index (χ4n) is 3.48. The first-order valence-electron chi connectivity index (χ1n) is 10.6. The third-order valence-electron chi connectivity index (χ3n) is 5.37. The molecule has 0 aliphatic heterocycles. The van der Waals surface area contributed by atoms with Crippen LogP contribution in [0.25, 0.3) is 0 Å². The summed E-state index contributed by atoms with van der Waals surface area (Å²) in [5, 5.41) is 15.1. The number of nitrogens with one attached hydrogen (secondary N) is 2. The molecule has 2 aromatic rings. The van der Waals surface area contributed by atoms with Crippen LogP contribution in [0, 0.1) is 13.8 Å². The number of carbonyl (C=O) groups is 3. The van der Waals surface area contributed by atoms with Gasteiger partial charge in [-0.25, -0.2) is 0 Å². The van der Waals surface area contributed by atoms with E-state index in [0.29, 0.717) is 24.9 Å². The van der Waals surface area contributed by atoms with E-state index in [4.69, 9.17) is 11.5 Å². The molecule has 8 heteroatoms. The highest BCUT2D eigenvalue weighted by molar-refractivity contribution is 5.92. The lowest BCUT2D eigenvalue weighted by Crippen LogP contribution is -2.51. The summed E-state index contributed by atoms with van der Waals surface area (Å²) in [4.78, 5) is 35.8. The third-order valence-corrected chi connectivity index (χ3v) is 5.37. The minimum atomic E-state index is -0.810. The molecule has 2 atom stereocenters. The Morgan fingerprint density at radius 3 is 2.19 bits per heavy atom. The van der Waals surface area contributed by atoms with Crippen LogP contribution in [0.15, 0.2) is 36.4 Å². The van der Waals surface area contributed by atoms with E-state index in [1.54, 1.807) is 31.2 Å². The topological polar surface area (TPSA) is 148 Å². The molecule has 0 saturated heterocycles. The Kier molecular flexibility index (Phi) is 8.78. The van der Waals surface area contributed by atoms with Gasteiger partial charge >= 0.3 is 0 Å². The molecular weight excluding hydrogens is 408 g/mol. The summed E-state index contributed by atoms with van der Waals surface area (Å²) >= 11 is 0. The fourth-order valence-corrected chi connectivity index (χ4v) is 3.48. The van der Waals surface area contributed by atoms with Crippen LogP contribution >= 0.6 is 0 Å². The molecule has 0 fully saturated rings. The van der Waals surface area contributed by atoms with Gasteiger partial charge in [0.05, 0.1) is 6.04 Å². The number of primary amides is 1. The molecule has 0 aliphatic carbocycles. The molecule has 0 bridgehead atoms. The number of nitrogens with two attached hydrogens (primary N) is 2. The lowest BCUT2D eigenvalue weighted by molar-refractivity contribution is -0.129. The van der Waals surface area contributed by atoms with Gasteiger partial charge in [0.2, 0.25) is 17.7 Å². The van der Waals surface area contributed by atoms with Gasteiger partial charge < -0.3 is 27.2 Å². The van der Waals surface area contributed by atoms with E-state index in [1.165, 1.54) is 0 Å². The summed E-state index contributed by atoms with van der Waals surface area (Å²) in [6, 6.07) is 8.77. The van der Waals surface area contributed by atoms with Crippen molar-refractivity contribution in [3.05, 3.63) is 64.2 Å². The predicted octanol–water partition coefficient (Wildman–Crippen LogP) is 1.23. The zero-order valence-corrected chi connectivity index (χ0v) is 18.8. The van der Waals surface area contributed by atoms with Crippen LogP contribution in [0.5, 0.6) is 5.75 Å². The number of rotatable bonds is 10. The molecule has 0 aliphatic rings. The molecule has 3 amide bonds. The van der Waals surface area contributed by atoms with E-state index in [9.17, 15) is 19.5 Å². The average molecular weight is 441 g/mol. The van der Waals surface area contributed by atoms with Crippen LogP contribution in [0.4, 0.5) is 0 Å². The lowest BCUT2D eigenvalue weighted by atomic mass is 9.96. The van der Waals surface area contributed by atoms with Gasteiger partial charge in [0.15, 0.2) is 0 Å². The summed E-state index contributed by atoms with van der Waals surface area (Å²) in [6.07, 6.45) is 1.75. The summed E-state index contributed by atoms with van der Waals surface area (Å²) in [7, 11) is 0. The minimum absolute atomic E-state index is 0.176. The maximum atomic E-state index is 12.4. The number of carbonyl (C=O) groups excluding carboxylic acids is 3. The van der Waals surface area contributed by atoms with Gasteiger partial charge in [-0.2, -0.15) is 0 Å². The Balaban J connectivity index is 1.76. The number of phenolic OH excluding ortho intramolecular Hbond substituents is 1. The van der Waals surface area contributed by atoms with Crippen LogP contribution in [0.3, 0.4) is 0 Å². The van der Waals surface area contributed by atoms with E-state index < -0.39 is 23.9 Å². The van der Waals surface area contributed by atoms with Gasteiger partial charge in [-0.15, -0.1) is 0 Å². The van der Waals surface area contributed by atoms with Crippen molar-refractivity contribution in [2.75, 3.05) is 6.54 Å². The second-order valence-electron chi connectivity index (χ2n) is 8.05. The molecule has 172 valence electrons. The number of aryl methyl sites for hydroxylation is 3. The molecule has 2 aromatic carbocycles. The molecule has 0 spiro atoms. The van der Waals surface area contributed by atoms with E-state index in [1.807, 2.05) is 26.0 Å². The van der Waals surface area contributed by atoms with Crippen molar-refractivity contribution in [2.24, 2.45) is 11.5 Å². The van der Waals surface area contributed by atoms with E-state index in [2.05, 4.69) is 10.6 Å². The maximum Gasteiger partial charge on any atom is 0.248 e. The van der Waals surface area contributed by atoms with E-state index >= 15 is 0 Å². The maximum absolute atomic E-state index is 12.4. The molecule has 0 saturated carbocycles. The first kappa shape index (κ1) is 24.9. The smallest absolute Gasteiger partial charge is 0.248 e. The largest absolute Gasteiger partial charge is 0.508 e. The summed E-state index contributed by atoms with van der Waals surface area (Å²) in [5.41, 5.74) is 15.4. The van der Waals surface area contributed by atoms with Gasteiger partial charge in [0.1, 0.15) is 11.8 Å². The summed E-state index contributed by atoms with van der Waals surface area (Å²) in [5.74, 6) is -0.983. The van der Waals surface area contributed by atoms with Crippen molar-refractivity contribution in [2.45, 2.75) is 52.1 Å². The molecular formula is C24H32N4O4. The van der Waals surface area contributed by atoms with Gasteiger partial charge in [0.25, 0.3) is 0 Å². The van der Waals surface area contributed by atoms with Crippen LogP contribution < -0.4 is 22.1 Å². The minimum Gasteiger partial charge on any atom is -0.508 e. The van der Waals surface area contributed by atoms with Gasteiger partial charge in [0, 0.05) is 12.1 Å². The van der Waals surface area contributed by atoms with Crippen LogP contribution in [0.2, 0.25) is 0 Å². The quantitative estimate of drug-likeness (QED) is 0.353. The highest BCUT2D eigenvalue weighted by Crippen LogP contribution is 2.21. The Hall–Kier alpha value is -3.39. The first-order chi connectivity index (χ1) is 15.1. The highest BCUT2D eigenvalue weighted by atomic mass is 16.3. The lowest BCUT2D eigenvalue weighted by Gasteiger charge is -2.19. The fraction of sp³-hybridized carbons (Fsp3) is 0.375. The molecule has 8 nitrogen and oxygen atoms in total. The Bertz CT molecular complexity index is 949. The molecule has 0 aromatic heterocycles. The van der Waals surface area contributed by atoms with Crippen LogP contribution in [0.1, 0.15) is 46.0 Å². The highest BCUT2D eigenvalue weighted by Gasteiger charge is 2.21. The molecule has 0 heterocycles. The Labute approximate surface area is 188 Å². The van der Waals surface area contributed by atoms with Crippen LogP contribution in [-0.2, 0) is 22.4 Å². The first-order valence-corrected chi connectivity index (χ1v) is 10.6. The third kappa shape index (κ3) is 7.09. The number of amides is 3. The summed E-state index contributed by atoms with van der Waals surface area (Å²) in [6.45, 7) is 5.78. The predicted molar refractivity (Wildman–Crippen MR) is 123 cm³/mol. The SMILES string of the molecule is Cc1cc(O)cc(C)c1C[C@@H](N)C(=O)N[C@H](C)C(=O)NCCCc1ccc(C(N)=O)cc1. The normalized spacial score (nSPS) is 12.6. The van der Waals surface area contributed by atoms with Gasteiger partial charge in [-0.05, 0) is 86.6 Å². The second-order valence-corrected chi connectivity index (χ2v) is 8.05. The zero-order chi connectivity index (χ0) is 23.8. The van der Waals surface area contributed by atoms with Crippen molar-refractivity contribution in [1.82, 2.24) is 10.6 Å². The van der Waals surface area contributed by atoms with E-state index in [0.717, 1.165) is 28.7 Å². The average Bonchev–Trinajstić information content (AvgIpc) is 2.73. The number of benzene rings is 2. The standard InChI is InChI=1S/C24H32N4O4/c1-14-11-19(29)12-15(2)20(14)13-21(25)24(32)28-16(3)23(31)27-10-4-5-17-6-8-18(9-7-17)22(26)30/h6-9,11-12,16,21,29H,4-5,10,13,25H2,1-3H3,(H2,26,30)(H,27,31)(H,28,32)/t16-,21-/m1/s1. The number of hydrogen-bond acceptors (Lipinski definition) is 5.